The average Bonchev–Trinajstić information content (AvgIpc) is 3.11. The van der Waals surface area contributed by atoms with Crippen LogP contribution in [0.4, 0.5) is 8.78 Å². The van der Waals surface area contributed by atoms with Gasteiger partial charge < -0.3 is 14.2 Å². The van der Waals surface area contributed by atoms with E-state index in [0.717, 1.165) is 25.9 Å². The van der Waals surface area contributed by atoms with E-state index in [1.807, 2.05) is 27.7 Å². The highest BCUT2D eigenvalue weighted by Gasteiger charge is 2.53. The van der Waals surface area contributed by atoms with E-state index in [1.165, 1.54) is 6.08 Å². The van der Waals surface area contributed by atoms with Crippen molar-refractivity contribution in [2.75, 3.05) is 26.3 Å². The second kappa shape index (κ2) is 7.36. The topological polar surface area (TPSA) is 52.4 Å². The van der Waals surface area contributed by atoms with Crippen molar-refractivity contribution in [2.24, 2.45) is 0 Å². The highest BCUT2D eigenvalue weighted by molar-refractivity contribution is 6.54. The van der Waals surface area contributed by atoms with E-state index in [9.17, 15) is 8.78 Å². The minimum absolute atomic E-state index is 0.209. The van der Waals surface area contributed by atoms with Crippen LogP contribution >= 0.6 is 0 Å². The molecule has 0 saturated carbocycles. The molecule has 6 nitrogen and oxygen atoms in total. The van der Waals surface area contributed by atoms with Gasteiger partial charge in [-0.25, -0.2) is 13.5 Å². The number of rotatable bonds is 5. The van der Waals surface area contributed by atoms with Crippen molar-refractivity contribution in [1.82, 2.24) is 19.9 Å². The van der Waals surface area contributed by atoms with Gasteiger partial charge in [0, 0.05) is 19.6 Å². The molecule has 9 heteroatoms. The molecular formula is C17H27BF2N4O2. The zero-order chi connectivity index (χ0) is 18.9. The van der Waals surface area contributed by atoms with Crippen LogP contribution < -0.4 is 0 Å². The van der Waals surface area contributed by atoms with E-state index in [0.29, 0.717) is 12.2 Å². The third kappa shape index (κ3) is 3.99. The molecule has 0 bridgehead atoms. The maximum Gasteiger partial charge on any atom is 0.525 e. The number of nitrogens with zero attached hydrogens (tertiary/aromatic N) is 4. The number of likely N-dealkylation sites (tertiary alicyclic amines) is 1. The molecule has 1 aromatic rings. The second-order valence-electron chi connectivity index (χ2n) is 8.00. The molecule has 0 spiro atoms. The molecule has 0 N–H and O–H groups in total. The van der Waals surface area contributed by atoms with Gasteiger partial charge in [-0.15, -0.1) is 5.10 Å². The van der Waals surface area contributed by atoms with Gasteiger partial charge in [-0.1, -0.05) is 5.21 Å². The van der Waals surface area contributed by atoms with Crippen LogP contribution in [0, 0.1) is 0 Å². The molecule has 3 heterocycles. The van der Waals surface area contributed by atoms with Gasteiger partial charge in [-0.05, 0) is 46.6 Å². The summed E-state index contributed by atoms with van der Waals surface area (Å²) < 4.78 is 40.1. The predicted octanol–water partition coefficient (Wildman–Crippen LogP) is 2.83. The van der Waals surface area contributed by atoms with Crippen LogP contribution in [-0.4, -0.2) is 64.5 Å². The molecule has 2 fully saturated rings. The van der Waals surface area contributed by atoms with Crippen LogP contribution in [0.2, 0.25) is 0 Å². The van der Waals surface area contributed by atoms with E-state index in [4.69, 9.17) is 9.31 Å². The SMILES string of the molecule is CC1(C)OB(C(F)=Cc2cn(C3CCN(CCF)CC3)nn2)OC1(C)C. The lowest BCUT2D eigenvalue weighted by atomic mass is 9.87. The highest BCUT2D eigenvalue weighted by Crippen LogP contribution is 2.39. The Hall–Kier alpha value is -1.32. The molecule has 0 aromatic carbocycles. The summed E-state index contributed by atoms with van der Waals surface area (Å²) in [6.07, 6.45) is 4.81. The van der Waals surface area contributed by atoms with E-state index in [2.05, 4.69) is 15.2 Å². The Kier molecular flexibility index (Phi) is 5.51. The summed E-state index contributed by atoms with van der Waals surface area (Å²) in [5, 5.41) is 8.17. The number of piperidine rings is 1. The fraction of sp³-hybridized carbons (Fsp3) is 0.765. The van der Waals surface area contributed by atoms with Crippen molar-refractivity contribution >= 4 is 13.2 Å². The van der Waals surface area contributed by atoms with Gasteiger partial charge in [0.2, 0.25) is 0 Å². The van der Waals surface area contributed by atoms with E-state index < -0.39 is 24.0 Å². The lowest BCUT2D eigenvalue weighted by molar-refractivity contribution is 0.00578. The third-order valence-corrected chi connectivity index (χ3v) is 5.62. The van der Waals surface area contributed by atoms with Crippen molar-refractivity contribution in [2.45, 2.75) is 57.8 Å². The van der Waals surface area contributed by atoms with Gasteiger partial charge in [0.15, 0.2) is 0 Å². The van der Waals surface area contributed by atoms with Gasteiger partial charge in [0.25, 0.3) is 0 Å². The van der Waals surface area contributed by atoms with Gasteiger partial charge in [-0.2, -0.15) is 0 Å². The number of halogens is 2. The lowest BCUT2D eigenvalue weighted by Crippen LogP contribution is -2.41. The van der Waals surface area contributed by atoms with E-state index in [1.54, 1.807) is 10.9 Å². The van der Waals surface area contributed by atoms with E-state index in [-0.39, 0.29) is 12.7 Å². The van der Waals surface area contributed by atoms with Gasteiger partial charge in [-0.3, -0.25) is 0 Å². The Labute approximate surface area is 153 Å². The van der Waals surface area contributed by atoms with Crippen LogP contribution in [0.1, 0.15) is 52.3 Å². The number of alkyl halides is 1. The summed E-state index contributed by atoms with van der Waals surface area (Å²) in [7, 11) is -1.03. The first-order valence-corrected chi connectivity index (χ1v) is 9.15. The van der Waals surface area contributed by atoms with Crippen molar-refractivity contribution in [3.63, 3.8) is 0 Å². The normalized spacial score (nSPS) is 24.4. The van der Waals surface area contributed by atoms with Crippen LogP contribution in [0.15, 0.2) is 11.9 Å². The largest absolute Gasteiger partial charge is 0.525 e. The molecule has 2 aliphatic heterocycles. The van der Waals surface area contributed by atoms with Crippen LogP contribution in [0.3, 0.4) is 0 Å². The number of hydrogen-bond acceptors (Lipinski definition) is 5. The quantitative estimate of drug-likeness (QED) is 0.749. The van der Waals surface area contributed by atoms with Crippen molar-refractivity contribution < 1.29 is 18.1 Å². The molecule has 26 heavy (non-hydrogen) atoms. The molecule has 0 radical (unpaired) electrons. The summed E-state index contributed by atoms with van der Waals surface area (Å²) in [5.74, 6) is 0. The molecule has 0 amide bonds. The zero-order valence-electron chi connectivity index (χ0n) is 15.9. The molecule has 3 rings (SSSR count). The van der Waals surface area contributed by atoms with Crippen molar-refractivity contribution in [3.8, 4) is 0 Å². The van der Waals surface area contributed by atoms with Crippen molar-refractivity contribution in [1.29, 1.82) is 0 Å². The fourth-order valence-electron chi connectivity index (χ4n) is 3.23. The summed E-state index contributed by atoms with van der Waals surface area (Å²) in [6.45, 7) is 9.36. The third-order valence-electron chi connectivity index (χ3n) is 5.62. The molecule has 0 unspecified atom stereocenters. The molecule has 0 atom stereocenters. The second-order valence-corrected chi connectivity index (χ2v) is 8.00. The first-order chi connectivity index (χ1) is 12.2. The molecule has 0 aliphatic carbocycles. The monoisotopic (exact) mass is 368 g/mol. The van der Waals surface area contributed by atoms with Gasteiger partial charge in [0.05, 0.1) is 23.4 Å². The van der Waals surface area contributed by atoms with Crippen molar-refractivity contribution in [3.05, 3.63) is 17.6 Å². The Morgan fingerprint density at radius 2 is 1.88 bits per heavy atom. The minimum atomic E-state index is -1.03. The zero-order valence-corrected chi connectivity index (χ0v) is 15.9. The summed E-state index contributed by atoms with van der Waals surface area (Å²) >= 11 is 0. The molecule has 1 aromatic heterocycles. The van der Waals surface area contributed by atoms with Gasteiger partial charge >= 0.3 is 7.12 Å². The average molecular weight is 368 g/mol. The van der Waals surface area contributed by atoms with Crippen LogP contribution in [-0.2, 0) is 9.31 Å². The van der Waals surface area contributed by atoms with Crippen LogP contribution in [0.25, 0.3) is 6.08 Å². The maximum atomic E-state index is 14.6. The number of hydrogen-bond donors (Lipinski definition) is 0. The van der Waals surface area contributed by atoms with Gasteiger partial charge in [0.1, 0.15) is 18.1 Å². The minimum Gasteiger partial charge on any atom is -0.398 e. The first kappa shape index (κ1) is 19.4. The number of aromatic nitrogens is 3. The van der Waals surface area contributed by atoms with Crippen LogP contribution in [0.5, 0.6) is 0 Å². The molecule has 2 saturated heterocycles. The summed E-state index contributed by atoms with van der Waals surface area (Å²) in [4.78, 5) is 2.10. The lowest BCUT2D eigenvalue weighted by Gasteiger charge is -2.32. The molecule has 2 aliphatic rings. The smallest absolute Gasteiger partial charge is 0.398 e. The fourth-order valence-corrected chi connectivity index (χ4v) is 3.23. The maximum absolute atomic E-state index is 14.6. The Balaban J connectivity index is 1.63. The standard InChI is InChI=1S/C17H27BF2N4O2/c1-16(2)17(3,4)26-18(25-16)15(20)11-13-12-24(22-21-13)14-5-8-23(9-6-14)10-7-19/h11-12,14H,5-10H2,1-4H3. The highest BCUT2D eigenvalue weighted by atomic mass is 19.1. The Bertz CT molecular complexity index is 641. The first-order valence-electron chi connectivity index (χ1n) is 9.15. The Morgan fingerprint density at radius 3 is 2.46 bits per heavy atom. The van der Waals surface area contributed by atoms with E-state index >= 15 is 0 Å². The predicted molar refractivity (Wildman–Crippen MR) is 95.9 cm³/mol. The molecule has 144 valence electrons. The Morgan fingerprint density at radius 1 is 1.27 bits per heavy atom. The molecular weight excluding hydrogens is 341 g/mol. The summed E-state index contributed by atoms with van der Waals surface area (Å²) in [5.41, 5.74) is -1.26. The summed E-state index contributed by atoms with van der Waals surface area (Å²) in [6, 6.07) is 0.209.